The number of carboxylic acid groups (broad SMARTS) is 1. The number of nitrogens with zero attached hydrogens (tertiary/aromatic N) is 1. The van der Waals surface area contributed by atoms with Crippen LogP contribution in [0, 0.1) is 13.8 Å². The van der Waals surface area contributed by atoms with E-state index in [1.165, 1.54) is 18.2 Å². The fraction of sp³-hybridized carbons (Fsp3) is 0.172. The van der Waals surface area contributed by atoms with Crippen LogP contribution >= 0.6 is 0 Å². The molecule has 4 amide bonds. The molecule has 1 aliphatic heterocycles. The predicted molar refractivity (Wildman–Crippen MR) is 140 cm³/mol. The first-order valence-electron chi connectivity index (χ1n) is 11.9. The molecule has 0 atom stereocenters. The summed E-state index contributed by atoms with van der Waals surface area (Å²) in [6, 6.07) is 15.8. The first kappa shape index (κ1) is 26.2. The van der Waals surface area contributed by atoms with Gasteiger partial charge in [0.05, 0.1) is 17.9 Å². The molecular weight excluding hydrogens is 488 g/mol. The van der Waals surface area contributed by atoms with E-state index < -0.39 is 23.8 Å². The van der Waals surface area contributed by atoms with Gasteiger partial charge in [0.1, 0.15) is 12.2 Å². The Balaban J connectivity index is 1.59. The van der Waals surface area contributed by atoms with Crippen LogP contribution in [0.3, 0.4) is 0 Å². The summed E-state index contributed by atoms with van der Waals surface area (Å²) in [6.45, 7) is 6.04. The van der Waals surface area contributed by atoms with Gasteiger partial charge in [0.2, 0.25) is 0 Å². The van der Waals surface area contributed by atoms with Crippen LogP contribution in [0.5, 0.6) is 11.5 Å². The van der Waals surface area contributed by atoms with Gasteiger partial charge in [-0.25, -0.2) is 14.5 Å². The van der Waals surface area contributed by atoms with Crippen molar-refractivity contribution in [1.82, 2.24) is 5.32 Å². The zero-order valence-electron chi connectivity index (χ0n) is 21.1. The van der Waals surface area contributed by atoms with Gasteiger partial charge in [-0.1, -0.05) is 24.3 Å². The van der Waals surface area contributed by atoms with Crippen LogP contribution in [0.1, 0.15) is 39.5 Å². The molecule has 2 N–H and O–H groups in total. The van der Waals surface area contributed by atoms with Crippen molar-refractivity contribution in [3.8, 4) is 11.5 Å². The summed E-state index contributed by atoms with van der Waals surface area (Å²) in [5.74, 6) is -1.69. The van der Waals surface area contributed by atoms with Gasteiger partial charge in [-0.3, -0.25) is 14.9 Å². The van der Waals surface area contributed by atoms with Crippen molar-refractivity contribution in [3.63, 3.8) is 0 Å². The highest BCUT2D eigenvalue weighted by Gasteiger charge is 2.37. The summed E-state index contributed by atoms with van der Waals surface area (Å²) in [7, 11) is 0. The molecule has 1 fully saturated rings. The molecule has 0 spiro atoms. The lowest BCUT2D eigenvalue weighted by Crippen LogP contribution is -2.54. The molecule has 0 radical (unpaired) electrons. The minimum Gasteiger partial charge on any atom is -0.490 e. The molecule has 0 aliphatic carbocycles. The molecule has 3 aromatic carbocycles. The number of urea groups is 1. The zero-order chi connectivity index (χ0) is 27.4. The molecule has 0 unspecified atom stereocenters. The van der Waals surface area contributed by atoms with Gasteiger partial charge in [0, 0.05) is 0 Å². The number of carbonyl (C=O) groups excluding carboxylic acids is 3. The summed E-state index contributed by atoms with van der Waals surface area (Å²) < 4.78 is 11.6. The summed E-state index contributed by atoms with van der Waals surface area (Å²) in [6.07, 6.45) is 1.40. The minimum absolute atomic E-state index is 0.175. The zero-order valence-corrected chi connectivity index (χ0v) is 21.1. The van der Waals surface area contributed by atoms with Crippen LogP contribution in [0.4, 0.5) is 10.5 Å². The quantitative estimate of drug-likeness (QED) is 0.332. The maximum atomic E-state index is 13.3. The molecule has 1 aliphatic rings. The second kappa shape index (κ2) is 11.0. The number of barbiturate groups is 1. The number of nitrogens with one attached hydrogen (secondary N) is 1. The van der Waals surface area contributed by atoms with Crippen LogP contribution in [-0.2, 0) is 16.2 Å². The lowest BCUT2D eigenvalue weighted by Gasteiger charge is -2.27. The molecule has 3 aromatic rings. The normalized spacial score (nSPS) is 14.4. The topological polar surface area (TPSA) is 122 Å². The summed E-state index contributed by atoms with van der Waals surface area (Å²) >= 11 is 0. The number of imide groups is 2. The van der Waals surface area contributed by atoms with Gasteiger partial charge in [-0.2, -0.15) is 0 Å². The lowest BCUT2D eigenvalue weighted by molar-refractivity contribution is -0.122. The molecular formula is C29H26N2O7. The number of hydrogen-bond acceptors (Lipinski definition) is 6. The number of benzene rings is 3. The molecule has 0 aromatic heterocycles. The van der Waals surface area contributed by atoms with E-state index in [0.717, 1.165) is 21.6 Å². The van der Waals surface area contributed by atoms with Crippen molar-refractivity contribution in [2.45, 2.75) is 27.4 Å². The number of anilines is 1. The summed E-state index contributed by atoms with van der Waals surface area (Å²) in [5.41, 5.74) is 3.37. The van der Waals surface area contributed by atoms with Gasteiger partial charge >= 0.3 is 12.0 Å². The second-order valence-corrected chi connectivity index (χ2v) is 8.73. The van der Waals surface area contributed by atoms with Gasteiger partial charge in [0.15, 0.2) is 11.5 Å². The van der Waals surface area contributed by atoms with Crippen molar-refractivity contribution in [1.29, 1.82) is 0 Å². The average Bonchev–Trinajstić information content (AvgIpc) is 2.86. The van der Waals surface area contributed by atoms with Gasteiger partial charge < -0.3 is 14.6 Å². The molecule has 38 heavy (non-hydrogen) atoms. The van der Waals surface area contributed by atoms with E-state index in [1.54, 1.807) is 42.5 Å². The standard InChI is InChI=1S/C29H26N2O7/c1-4-37-25-15-20(7-10-24(25)38-16-19-5-8-21(9-6-19)28(34)35)14-23-26(32)30-29(36)31(27(23)33)22-12-17(2)11-18(3)13-22/h5-15H,4,16H2,1-3H3,(H,34,35)(H,30,32,36)/b23-14+. The van der Waals surface area contributed by atoms with Crippen LogP contribution < -0.4 is 19.7 Å². The Hall–Kier alpha value is -4.92. The molecule has 0 saturated carbocycles. The smallest absolute Gasteiger partial charge is 0.335 e. The van der Waals surface area contributed by atoms with E-state index in [9.17, 15) is 19.2 Å². The predicted octanol–water partition coefficient (Wildman–Crippen LogP) is 4.65. The number of rotatable bonds is 8. The fourth-order valence-corrected chi connectivity index (χ4v) is 4.04. The Morgan fingerprint density at radius 3 is 2.24 bits per heavy atom. The number of ether oxygens (including phenoxy) is 2. The maximum absolute atomic E-state index is 13.3. The largest absolute Gasteiger partial charge is 0.490 e. The van der Waals surface area contributed by atoms with Crippen molar-refractivity contribution >= 4 is 35.6 Å². The van der Waals surface area contributed by atoms with E-state index in [2.05, 4.69) is 5.32 Å². The van der Waals surface area contributed by atoms with E-state index >= 15 is 0 Å². The van der Waals surface area contributed by atoms with Crippen molar-refractivity contribution in [3.05, 3.63) is 94.1 Å². The van der Waals surface area contributed by atoms with Gasteiger partial charge in [-0.05, 0) is 85.5 Å². The number of aromatic carboxylic acids is 1. The van der Waals surface area contributed by atoms with Crippen molar-refractivity contribution in [2.75, 3.05) is 11.5 Å². The maximum Gasteiger partial charge on any atom is 0.335 e. The van der Waals surface area contributed by atoms with Crippen LogP contribution in [0.25, 0.3) is 6.08 Å². The molecule has 1 saturated heterocycles. The third-order valence-corrected chi connectivity index (χ3v) is 5.74. The SMILES string of the molecule is CCOc1cc(/C=C2\C(=O)NC(=O)N(c3cc(C)cc(C)c3)C2=O)ccc1OCc1ccc(C(=O)O)cc1. The monoisotopic (exact) mass is 514 g/mol. The van der Waals surface area contributed by atoms with Crippen LogP contribution in [0.2, 0.25) is 0 Å². The molecule has 1 heterocycles. The number of amides is 4. The first-order valence-corrected chi connectivity index (χ1v) is 11.9. The lowest BCUT2D eigenvalue weighted by atomic mass is 10.0. The number of aryl methyl sites for hydroxylation is 2. The summed E-state index contributed by atoms with van der Waals surface area (Å²) in [4.78, 5) is 50.4. The third-order valence-electron chi connectivity index (χ3n) is 5.74. The Labute approximate surface area is 219 Å². The Kier molecular flexibility index (Phi) is 7.57. The van der Waals surface area contributed by atoms with E-state index in [0.29, 0.717) is 29.4 Å². The van der Waals surface area contributed by atoms with Crippen LogP contribution in [-0.4, -0.2) is 35.5 Å². The average molecular weight is 515 g/mol. The Morgan fingerprint density at radius 1 is 0.921 bits per heavy atom. The number of carboxylic acids is 1. The highest BCUT2D eigenvalue weighted by atomic mass is 16.5. The Morgan fingerprint density at radius 2 is 1.61 bits per heavy atom. The minimum atomic E-state index is -1.01. The van der Waals surface area contributed by atoms with Crippen molar-refractivity contribution < 1.29 is 33.8 Å². The highest BCUT2D eigenvalue weighted by molar-refractivity contribution is 6.39. The van der Waals surface area contributed by atoms with Gasteiger partial charge in [0.25, 0.3) is 11.8 Å². The highest BCUT2D eigenvalue weighted by Crippen LogP contribution is 2.31. The molecule has 0 bridgehead atoms. The fourth-order valence-electron chi connectivity index (χ4n) is 4.04. The molecule has 9 heteroatoms. The molecule has 4 rings (SSSR count). The molecule has 194 valence electrons. The van der Waals surface area contributed by atoms with Crippen molar-refractivity contribution in [2.24, 2.45) is 0 Å². The summed E-state index contributed by atoms with van der Waals surface area (Å²) in [5, 5.41) is 11.3. The number of carbonyl (C=O) groups is 4. The van der Waals surface area contributed by atoms with E-state index in [4.69, 9.17) is 14.6 Å². The van der Waals surface area contributed by atoms with E-state index in [1.807, 2.05) is 26.8 Å². The van der Waals surface area contributed by atoms with E-state index in [-0.39, 0.29) is 17.7 Å². The Bertz CT molecular complexity index is 1440. The molecule has 9 nitrogen and oxygen atoms in total. The first-order chi connectivity index (χ1) is 18.2. The number of hydrogen-bond donors (Lipinski definition) is 2. The van der Waals surface area contributed by atoms with Gasteiger partial charge in [-0.15, -0.1) is 0 Å². The third kappa shape index (κ3) is 5.73. The second-order valence-electron chi connectivity index (χ2n) is 8.73. The van der Waals surface area contributed by atoms with Crippen LogP contribution in [0.15, 0.2) is 66.2 Å².